The van der Waals surface area contributed by atoms with Crippen LogP contribution < -0.4 is 10.6 Å². The summed E-state index contributed by atoms with van der Waals surface area (Å²) in [6.45, 7) is 2.45. The Labute approximate surface area is 205 Å². The quantitative estimate of drug-likeness (QED) is 0.369. The molecule has 10 nitrogen and oxygen atoms in total. The molecule has 1 unspecified atom stereocenters. The van der Waals surface area contributed by atoms with Crippen LogP contribution in [0.4, 0.5) is 5.69 Å². The first-order chi connectivity index (χ1) is 17.0. The fourth-order valence-electron chi connectivity index (χ4n) is 5.57. The predicted octanol–water partition coefficient (Wildman–Crippen LogP) is 2.68. The number of aromatic amines is 1. The Kier molecular flexibility index (Phi) is 5.23. The van der Waals surface area contributed by atoms with Gasteiger partial charge in [-0.25, -0.2) is 14.8 Å². The SMILES string of the molecule is N#CCN1C[C@H]2CC(Nc3c(-c4ncc(C(=O)NC5(C(=O)O)CC5)s4)cnc4[nH]ccc34)C[C@H]2C1. The Morgan fingerprint density at radius 2 is 2.03 bits per heavy atom. The maximum atomic E-state index is 12.7. The number of aliphatic carboxylic acids is 1. The number of fused-ring (bicyclic) bond motifs is 2. The summed E-state index contributed by atoms with van der Waals surface area (Å²) in [6.07, 6.45) is 8.11. The molecule has 3 atom stereocenters. The maximum Gasteiger partial charge on any atom is 0.329 e. The minimum atomic E-state index is -1.14. The molecule has 0 aromatic carbocycles. The zero-order chi connectivity index (χ0) is 24.2. The molecule has 2 saturated carbocycles. The summed E-state index contributed by atoms with van der Waals surface area (Å²) in [7, 11) is 0. The average Bonchev–Trinajstić information content (AvgIpc) is 3.25. The summed E-state index contributed by atoms with van der Waals surface area (Å²) in [6, 6.07) is 4.56. The number of aromatic nitrogens is 3. The third-order valence-electron chi connectivity index (χ3n) is 7.53. The van der Waals surface area contributed by atoms with E-state index < -0.39 is 17.4 Å². The lowest BCUT2D eigenvalue weighted by Crippen LogP contribution is -2.42. The van der Waals surface area contributed by atoms with Gasteiger partial charge < -0.3 is 20.7 Å². The third kappa shape index (κ3) is 3.92. The molecule has 1 aliphatic heterocycles. The molecule has 3 aliphatic rings. The lowest BCUT2D eigenvalue weighted by molar-refractivity contribution is -0.140. The number of hydrogen-bond acceptors (Lipinski definition) is 8. The number of nitrogens with one attached hydrogen (secondary N) is 3. The summed E-state index contributed by atoms with van der Waals surface area (Å²) in [5.41, 5.74) is 1.41. The van der Waals surface area contributed by atoms with Crippen molar-refractivity contribution < 1.29 is 14.7 Å². The molecule has 0 bridgehead atoms. The molecule has 1 amide bonds. The molecular formula is C24H25N7O3S. The van der Waals surface area contributed by atoms with Gasteiger partial charge in [-0.2, -0.15) is 5.26 Å². The Morgan fingerprint density at radius 3 is 2.71 bits per heavy atom. The van der Waals surface area contributed by atoms with E-state index in [1.54, 1.807) is 6.20 Å². The van der Waals surface area contributed by atoms with E-state index >= 15 is 0 Å². The van der Waals surface area contributed by atoms with E-state index in [0.29, 0.717) is 47.1 Å². The van der Waals surface area contributed by atoms with Crippen molar-refractivity contribution in [3.8, 4) is 16.6 Å². The van der Waals surface area contributed by atoms with Crippen molar-refractivity contribution in [3.05, 3.63) is 29.5 Å². The standard InChI is InChI=1S/C24H25N7O3S/c25-4-6-31-11-13-7-15(8-14(13)12-31)29-19-16-1-5-26-20(16)27-9-17(19)22-28-10-18(35-22)21(32)30-24(2-3-24)23(33)34/h1,5,9-10,13-15H,2-3,6-8,11-12H2,(H,30,32)(H,33,34)(H2,26,27,29)/t13-,14+,15?. The van der Waals surface area contributed by atoms with Gasteiger partial charge >= 0.3 is 5.97 Å². The van der Waals surface area contributed by atoms with Crippen LogP contribution in [-0.4, -0.2) is 68.0 Å². The molecule has 4 N–H and O–H groups in total. The lowest BCUT2D eigenvalue weighted by Gasteiger charge is -2.20. The van der Waals surface area contributed by atoms with Crippen LogP contribution in [0.25, 0.3) is 21.6 Å². The highest BCUT2D eigenvalue weighted by Crippen LogP contribution is 2.42. The first kappa shape index (κ1) is 22.0. The normalized spacial score (nSPS) is 24.7. The molecule has 3 aromatic heterocycles. The smallest absolute Gasteiger partial charge is 0.329 e. The summed E-state index contributed by atoms with van der Waals surface area (Å²) in [4.78, 5) is 39.0. The number of anilines is 1. The minimum Gasteiger partial charge on any atom is -0.480 e. The van der Waals surface area contributed by atoms with Gasteiger partial charge in [-0.1, -0.05) is 0 Å². The molecule has 180 valence electrons. The number of nitrogens with zero attached hydrogens (tertiary/aromatic N) is 4. The number of carbonyl (C=O) groups excluding carboxylic acids is 1. The van der Waals surface area contributed by atoms with Gasteiger partial charge in [0.1, 0.15) is 21.1 Å². The molecule has 35 heavy (non-hydrogen) atoms. The fraction of sp³-hybridized carbons (Fsp3) is 0.458. The van der Waals surface area contributed by atoms with Gasteiger partial charge in [-0.05, 0) is 43.6 Å². The molecule has 3 fully saturated rings. The second kappa shape index (κ2) is 8.32. The first-order valence-electron chi connectivity index (χ1n) is 11.8. The lowest BCUT2D eigenvalue weighted by atomic mass is 10.0. The van der Waals surface area contributed by atoms with E-state index in [-0.39, 0.29) is 0 Å². The second-order valence-electron chi connectivity index (χ2n) is 9.84. The van der Waals surface area contributed by atoms with E-state index in [1.807, 2.05) is 12.3 Å². The minimum absolute atomic E-state index is 0.307. The fourth-order valence-corrected chi connectivity index (χ4v) is 6.40. The monoisotopic (exact) mass is 491 g/mol. The predicted molar refractivity (Wildman–Crippen MR) is 130 cm³/mol. The molecule has 6 rings (SSSR count). The van der Waals surface area contributed by atoms with Gasteiger partial charge in [0, 0.05) is 36.9 Å². The Morgan fingerprint density at radius 1 is 1.26 bits per heavy atom. The van der Waals surface area contributed by atoms with E-state index in [9.17, 15) is 14.7 Å². The number of carboxylic acids is 1. The summed E-state index contributed by atoms with van der Waals surface area (Å²) < 4.78 is 0. The number of thiazole rings is 1. The molecule has 0 radical (unpaired) electrons. The number of carbonyl (C=O) groups is 2. The first-order valence-corrected chi connectivity index (χ1v) is 12.6. The summed E-state index contributed by atoms with van der Waals surface area (Å²) >= 11 is 1.24. The molecule has 3 aromatic rings. The summed E-state index contributed by atoms with van der Waals surface area (Å²) in [5.74, 6) is -0.232. The topological polar surface area (TPSA) is 147 Å². The van der Waals surface area contributed by atoms with Crippen molar-refractivity contribution in [1.29, 1.82) is 5.26 Å². The zero-order valence-corrected chi connectivity index (χ0v) is 19.8. The van der Waals surface area contributed by atoms with Crippen LogP contribution in [-0.2, 0) is 4.79 Å². The highest BCUT2D eigenvalue weighted by atomic mass is 32.1. The van der Waals surface area contributed by atoms with Crippen LogP contribution >= 0.6 is 11.3 Å². The number of H-pyrrole nitrogens is 1. The molecule has 1 saturated heterocycles. The van der Waals surface area contributed by atoms with Crippen molar-refractivity contribution in [2.24, 2.45) is 11.8 Å². The van der Waals surface area contributed by atoms with Crippen molar-refractivity contribution in [2.45, 2.75) is 37.3 Å². The van der Waals surface area contributed by atoms with E-state index in [1.165, 1.54) is 17.5 Å². The number of likely N-dealkylation sites (tertiary alicyclic amines) is 1. The third-order valence-corrected chi connectivity index (χ3v) is 8.56. The van der Waals surface area contributed by atoms with Crippen LogP contribution in [0.5, 0.6) is 0 Å². The number of pyridine rings is 1. The van der Waals surface area contributed by atoms with Crippen LogP contribution in [0.1, 0.15) is 35.4 Å². The van der Waals surface area contributed by atoms with Gasteiger partial charge in [-0.15, -0.1) is 11.3 Å². The highest BCUT2D eigenvalue weighted by molar-refractivity contribution is 7.17. The number of rotatable bonds is 7. The molecular weight excluding hydrogens is 466 g/mol. The molecule has 4 heterocycles. The number of nitriles is 1. The Balaban J connectivity index is 1.24. The number of carboxylic acid groups (broad SMARTS) is 1. The number of amides is 1. The van der Waals surface area contributed by atoms with Crippen molar-refractivity contribution >= 4 is 39.9 Å². The maximum absolute atomic E-state index is 12.7. The molecule has 11 heteroatoms. The van der Waals surface area contributed by atoms with Crippen LogP contribution in [0.15, 0.2) is 24.7 Å². The van der Waals surface area contributed by atoms with E-state index in [4.69, 9.17) is 5.26 Å². The van der Waals surface area contributed by atoms with Gasteiger partial charge in [0.15, 0.2) is 0 Å². The zero-order valence-electron chi connectivity index (χ0n) is 19.0. The van der Waals surface area contributed by atoms with Gasteiger partial charge in [0.25, 0.3) is 5.91 Å². The van der Waals surface area contributed by atoms with Crippen LogP contribution in [0, 0.1) is 23.2 Å². The van der Waals surface area contributed by atoms with Crippen LogP contribution in [0.3, 0.4) is 0 Å². The van der Waals surface area contributed by atoms with Gasteiger partial charge in [-0.3, -0.25) is 9.69 Å². The van der Waals surface area contributed by atoms with Crippen LogP contribution in [0.2, 0.25) is 0 Å². The van der Waals surface area contributed by atoms with Crippen molar-refractivity contribution in [1.82, 2.24) is 25.2 Å². The molecule has 2 aliphatic carbocycles. The Bertz CT molecular complexity index is 1340. The number of hydrogen-bond donors (Lipinski definition) is 4. The van der Waals surface area contributed by atoms with E-state index in [2.05, 4.69) is 36.6 Å². The highest BCUT2D eigenvalue weighted by Gasteiger charge is 2.52. The van der Waals surface area contributed by atoms with Crippen molar-refractivity contribution in [3.63, 3.8) is 0 Å². The van der Waals surface area contributed by atoms with E-state index in [0.717, 1.165) is 48.2 Å². The average molecular weight is 492 g/mol. The van der Waals surface area contributed by atoms with Gasteiger partial charge in [0.2, 0.25) is 0 Å². The Hall–Kier alpha value is -3.49. The second-order valence-corrected chi connectivity index (χ2v) is 10.9. The summed E-state index contributed by atoms with van der Waals surface area (Å²) in [5, 5.41) is 26.4. The van der Waals surface area contributed by atoms with Gasteiger partial charge in [0.05, 0.1) is 30.1 Å². The largest absolute Gasteiger partial charge is 0.480 e. The molecule has 0 spiro atoms. The van der Waals surface area contributed by atoms with Crippen molar-refractivity contribution in [2.75, 3.05) is 25.0 Å².